The number of halogens is 1. The minimum absolute atomic E-state index is 0.180. The monoisotopic (exact) mass is 405 g/mol. The quantitative estimate of drug-likeness (QED) is 0.668. The second kappa shape index (κ2) is 6.82. The molecule has 1 fully saturated rings. The van der Waals surface area contributed by atoms with E-state index in [1.807, 2.05) is 17.0 Å². The standard InChI is InChI=1S/C19H20INO/c1-14-6-5-9-17(18(14)20)19(22)21-12-10-16(11-13-21)15-7-3-2-4-8-15/h2-9,16H,10-13H2,1H3. The van der Waals surface area contributed by atoms with Gasteiger partial charge in [-0.25, -0.2) is 0 Å². The van der Waals surface area contributed by atoms with Gasteiger partial charge in [-0.3, -0.25) is 4.79 Å². The summed E-state index contributed by atoms with van der Waals surface area (Å²) in [4.78, 5) is 14.7. The molecule has 1 heterocycles. The number of likely N-dealkylation sites (tertiary alicyclic amines) is 1. The summed E-state index contributed by atoms with van der Waals surface area (Å²) in [6, 6.07) is 16.6. The van der Waals surface area contributed by atoms with Crippen LogP contribution in [-0.2, 0) is 0 Å². The van der Waals surface area contributed by atoms with E-state index >= 15 is 0 Å². The van der Waals surface area contributed by atoms with Crippen LogP contribution in [0.2, 0.25) is 0 Å². The molecule has 1 aliphatic rings. The van der Waals surface area contributed by atoms with Crippen molar-refractivity contribution in [3.05, 3.63) is 68.8 Å². The normalized spacial score (nSPS) is 15.8. The lowest BCUT2D eigenvalue weighted by molar-refractivity contribution is 0.0712. The molecule has 3 rings (SSSR count). The van der Waals surface area contributed by atoms with Crippen LogP contribution >= 0.6 is 22.6 Å². The van der Waals surface area contributed by atoms with Crippen LogP contribution in [0.15, 0.2) is 48.5 Å². The fourth-order valence-corrected chi connectivity index (χ4v) is 3.71. The summed E-state index contributed by atoms with van der Waals surface area (Å²) in [5.74, 6) is 0.765. The van der Waals surface area contributed by atoms with Crippen LogP contribution in [0.3, 0.4) is 0 Å². The van der Waals surface area contributed by atoms with Crippen molar-refractivity contribution in [1.82, 2.24) is 4.90 Å². The Hall–Kier alpha value is -1.36. The van der Waals surface area contributed by atoms with Crippen molar-refractivity contribution < 1.29 is 4.79 Å². The van der Waals surface area contributed by atoms with Crippen LogP contribution in [0.4, 0.5) is 0 Å². The maximum atomic E-state index is 12.7. The molecule has 0 saturated carbocycles. The van der Waals surface area contributed by atoms with E-state index in [1.54, 1.807) is 0 Å². The highest BCUT2D eigenvalue weighted by Crippen LogP contribution is 2.29. The zero-order valence-corrected chi connectivity index (χ0v) is 14.9. The maximum absolute atomic E-state index is 12.7. The largest absolute Gasteiger partial charge is 0.339 e. The fraction of sp³-hybridized carbons (Fsp3) is 0.316. The Morgan fingerprint density at radius 2 is 1.73 bits per heavy atom. The summed E-state index contributed by atoms with van der Waals surface area (Å²) in [5, 5.41) is 0. The van der Waals surface area contributed by atoms with E-state index in [1.165, 1.54) is 11.1 Å². The van der Waals surface area contributed by atoms with Gasteiger partial charge in [0, 0.05) is 16.7 Å². The van der Waals surface area contributed by atoms with Crippen LogP contribution in [0, 0.1) is 10.5 Å². The van der Waals surface area contributed by atoms with Gasteiger partial charge in [-0.2, -0.15) is 0 Å². The SMILES string of the molecule is Cc1cccc(C(=O)N2CCC(c3ccccc3)CC2)c1I. The summed E-state index contributed by atoms with van der Waals surface area (Å²) in [6.07, 6.45) is 2.11. The second-order valence-corrected chi connectivity index (χ2v) is 6.99. The van der Waals surface area contributed by atoms with Gasteiger partial charge in [0.1, 0.15) is 0 Å². The minimum atomic E-state index is 0.180. The molecule has 2 nitrogen and oxygen atoms in total. The van der Waals surface area contributed by atoms with Crippen molar-refractivity contribution in [2.45, 2.75) is 25.7 Å². The average Bonchev–Trinajstić information content (AvgIpc) is 2.58. The molecule has 1 saturated heterocycles. The Morgan fingerprint density at radius 3 is 2.41 bits per heavy atom. The number of benzene rings is 2. The number of hydrogen-bond acceptors (Lipinski definition) is 1. The summed E-state index contributed by atoms with van der Waals surface area (Å²) >= 11 is 2.28. The van der Waals surface area contributed by atoms with E-state index in [4.69, 9.17) is 0 Å². The average molecular weight is 405 g/mol. The van der Waals surface area contributed by atoms with Gasteiger partial charge in [0.2, 0.25) is 0 Å². The molecule has 2 aromatic carbocycles. The van der Waals surface area contributed by atoms with Crippen molar-refractivity contribution in [2.24, 2.45) is 0 Å². The highest BCUT2D eigenvalue weighted by molar-refractivity contribution is 14.1. The van der Waals surface area contributed by atoms with Gasteiger partial charge in [-0.15, -0.1) is 0 Å². The predicted octanol–water partition coefficient (Wildman–Crippen LogP) is 4.62. The zero-order chi connectivity index (χ0) is 15.5. The van der Waals surface area contributed by atoms with E-state index in [9.17, 15) is 4.79 Å². The highest BCUT2D eigenvalue weighted by Gasteiger charge is 2.25. The molecule has 0 N–H and O–H groups in total. The molecular weight excluding hydrogens is 385 g/mol. The van der Waals surface area contributed by atoms with Crippen LogP contribution in [0.1, 0.15) is 40.2 Å². The van der Waals surface area contributed by atoms with Gasteiger partial charge in [0.05, 0.1) is 5.56 Å². The van der Waals surface area contributed by atoms with Gasteiger partial charge in [-0.05, 0) is 65.5 Å². The van der Waals surface area contributed by atoms with Gasteiger partial charge >= 0.3 is 0 Å². The van der Waals surface area contributed by atoms with Gasteiger partial charge in [-0.1, -0.05) is 42.5 Å². The van der Waals surface area contributed by atoms with Crippen molar-refractivity contribution in [2.75, 3.05) is 13.1 Å². The fourth-order valence-electron chi connectivity index (χ4n) is 3.12. The Balaban J connectivity index is 1.69. The number of aryl methyl sites for hydroxylation is 1. The number of hydrogen-bond donors (Lipinski definition) is 0. The minimum Gasteiger partial charge on any atom is -0.339 e. The molecule has 22 heavy (non-hydrogen) atoms. The number of rotatable bonds is 2. The number of piperidine rings is 1. The summed E-state index contributed by atoms with van der Waals surface area (Å²) in [6.45, 7) is 3.75. The van der Waals surface area contributed by atoms with Crippen LogP contribution in [0.5, 0.6) is 0 Å². The Bertz CT molecular complexity index is 660. The summed E-state index contributed by atoms with van der Waals surface area (Å²) < 4.78 is 1.08. The van der Waals surface area contributed by atoms with E-state index in [2.05, 4.69) is 65.9 Å². The lowest BCUT2D eigenvalue weighted by Crippen LogP contribution is -2.38. The first-order valence-electron chi connectivity index (χ1n) is 7.76. The first-order valence-corrected chi connectivity index (χ1v) is 8.84. The Kier molecular flexibility index (Phi) is 4.81. The molecule has 0 bridgehead atoms. The second-order valence-electron chi connectivity index (χ2n) is 5.91. The van der Waals surface area contributed by atoms with E-state index in [-0.39, 0.29) is 5.91 Å². The molecule has 0 spiro atoms. The topological polar surface area (TPSA) is 20.3 Å². The molecule has 1 amide bonds. The third kappa shape index (κ3) is 3.19. The van der Waals surface area contributed by atoms with Crippen LogP contribution < -0.4 is 0 Å². The molecule has 0 aliphatic carbocycles. The molecule has 114 valence electrons. The highest BCUT2D eigenvalue weighted by atomic mass is 127. The molecule has 0 atom stereocenters. The van der Waals surface area contributed by atoms with Gasteiger partial charge < -0.3 is 4.90 Å². The molecule has 0 unspecified atom stereocenters. The van der Waals surface area contributed by atoms with Crippen molar-refractivity contribution >= 4 is 28.5 Å². The van der Waals surface area contributed by atoms with Gasteiger partial charge in [0.25, 0.3) is 5.91 Å². The summed E-state index contributed by atoms with van der Waals surface area (Å²) in [7, 11) is 0. The maximum Gasteiger partial charge on any atom is 0.254 e. The molecule has 0 aromatic heterocycles. The third-order valence-corrected chi connectivity index (χ3v) is 5.91. The molecular formula is C19H20INO. The van der Waals surface area contributed by atoms with E-state index in [0.29, 0.717) is 5.92 Å². The number of nitrogens with zero attached hydrogens (tertiary/aromatic N) is 1. The summed E-state index contributed by atoms with van der Waals surface area (Å²) in [5.41, 5.74) is 3.42. The first-order chi connectivity index (χ1) is 10.7. The number of carbonyl (C=O) groups is 1. The molecule has 0 radical (unpaired) electrons. The smallest absolute Gasteiger partial charge is 0.254 e. The van der Waals surface area contributed by atoms with Crippen molar-refractivity contribution in [3.63, 3.8) is 0 Å². The predicted molar refractivity (Wildman–Crippen MR) is 98.2 cm³/mol. The number of carbonyl (C=O) groups excluding carboxylic acids is 1. The lowest BCUT2D eigenvalue weighted by atomic mass is 9.89. The lowest BCUT2D eigenvalue weighted by Gasteiger charge is -2.32. The van der Waals surface area contributed by atoms with Crippen LogP contribution in [0.25, 0.3) is 0 Å². The van der Waals surface area contributed by atoms with Crippen molar-refractivity contribution in [1.29, 1.82) is 0 Å². The van der Waals surface area contributed by atoms with Crippen molar-refractivity contribution in [3.8, 4) is 0 Å². The van der Waals surface area contributed by atoms with E-state index in [0.717, 1.165) is 35.1 Å². The third-order valence-electron chi connectivity index (χ3n) is 4.48. The first kappa shape index (κ1) is 15.5. The molecule has 2 aromatic rings. The molecule has 3 heteroatoms. The molecule has 1 aliphatic heterocycles. The zero-order valence-electron chi connectivity index (χ0n) is 12.8. The van der Waals surface area contributed by atoms with Gasteiger partial charge in [0.15, 0.2) is 0 Å². The Labute approximate surface area is 145 Å². The number of amides is 1. The van der Waals surface area contributed by atoms with E-state index < -0.39 is 0 Å². The van der Waals surface area contributed by atoms with Crippen LogP contribution in [-0.4, -0.2) is 23.9 Å². The Morgan fingerprint density at radius 1 is 1.05 bits per heavy atom.